The standard InChI is InChI=1S/C17H19FO/c1-3-13(2)16-10-9-15(11-17(16)18)19-12-14-7-5-4-6-8-14/h4-11,13H,3,12H2,1-2H3. The Hall–Kier alpha value is -1.83. The summed E-state index contributed by atoms with van der Waals surface area (Å²) < 4.78 is 19.5. The van der Waals surface area contributed by atoms with Crippen molar-refractivity contribution in [1.82, 2.24) is 0 Å². The molecule has 0 saturated heterocycles. The number of hydrogen-bond acceptors (Lipinski definition) is 1. The number of rotatable bonds is 5. The van der Waals surface area contributed by atoms with Gasteiger partial charge in [-0.1, -0.05) is 50.2 Å². The van der Waals surface area contributed by atoms with Crippen molar-refractivity contribution in [2.24, 2.45) is 0 Å². The van der Waals surface area contributed by atoms with E-state index < -0.39 is 0 Å². The molecular formula is C17H19FO. The molecule has 2 rings (SSSR count). The molecule has 0 heterocycles. The third-order valence-electron chi connectivity index (χ3n) is 3.36. The van der Waals surface area contributed by atoms with Crippen molar-refractivity contribution in [2.75, 3.05) is 0 Å². The Balaban J connectivity index is 2.04. The topological polar surface area (TPSA) is 9.23 Å². The number of benzene rings is 2. The summed E-state index contributed by atoms with van der Waals surface area (Å²) in [6, 6.07) is 15.0. The van der Waals surface area contributed by atoms with Crippen LogP contribution < -0.4 is 4.74 Å². The second kappa shape index (κ2) is 6.37. The molecule has 0 fully saturated rings. The van der Waals surface area contributed by atoms with Crippen molar-refractivity contribution in [1.29, 1.82) is 0 Å². The lowest BCUT2D eigenvalue weighted by Gasteiger charge is -2.12. The first-order valence-corrected chi connectivity index (χ1v) is 6.67. The predicted octanol–water partition coefficient (Wildman–Crippen LogP) is 4.92. The lowest BCUT2D eigenvalue weighted by molar-refractivity contribution is 0.304. The van der Waals surface area contributed by atoms with E-state index >= 15 is 0 Å². The Morgan fingerprint density at radius 3 is 2.47 bits per heavy atom. The molecule has 0 spiro atoms. The van der Waals surface area contributed by atoms with E-state index in [0.29, 0.717) is 12.4 Å². The van der Waals surface area contributed by atoms with Crippen LogP contribution in [-0.4, -0.2) is 0 Å². The molecule has 2 aromatic rings. The molecule has 2 aromatic carbocycles. The Morgan fingerprint density at radius 2 is 1.84 bits per heavy atom. The molecule has 0 saturated carbocycles. The van der Waals surface area contributed by atoms with Crippen molar-refractivity contribution in [3.8, 4) is 5.75 Å². The maximum atomic E-state index is 13.9. The number of hydrogen-bond donors (Lipinski definition) is 0. The molecule has 0 N–H and O–H groups in total. The fraction of sp³-hybridized carbons (Fsp3) is 0.294. The van der Waals surface area contributed by atoms with Gasteiger partial charge in [0, 0.05) is 6.07 Å². The van der Waals surface area contributed by atoms with Crippen LogP contribution in [0, 0.1) is 5.82 Å². The fourth-order valence-corrected chi connectivity index (χ4v) is 1.96. The zero-order chi connectivity index (χ0) is 13.7. The summed E-state index contributed by atoms with van der Waals surface area (Å²) in [4.78, 5) is 0. The van der Waals surface area contributed by atoms with E-state index in [2.05, 4.69) is 6.92 Å². The molecule has 0 bridgehead atoms. The van der Waals surface area contributed by atoms with Crippen LogP contribution in [0.25, 0.3) is 0 Å². The van der Waals surface area contributed by atoms with Crippen molar-refractivity contribution in [2.45, 2.75) is 32.8 Å². The Bertz CT molecular complexity index is 522. The van der Waals surface area contributed by atoms with Crippen molar-refractivity contribution in [3.05, 3.63) is 65.5 Å². The fourth-order valence-electron chi connectivity index (χ4n) is 1.96. The Kier molecular flexibility index (Phi) is 4.56. The minimum Gasteiger partial charge on any atom is -0.489 e. The minimum absolute atomic E-state index is 0.181. The van der Waals surface area contributed by atoms with E-state index in [1.165, 1.54) is 6.07 Å². The van der Waals surface area contributed by atoms with Gasteiger partial charge in [0.25, 0.3) is 0 Å². The third kappa shape index (κ3) is 3.57. The number of ether oxygens (including phenoxy) is 1. The van der Waals surface area contributed by atoms with Gasteiger partial charge in [0.15, 0.2) is 0 Å². The lowest BCUT2D eigenvalue weighted by atomic mass is 9.98. The second-order valence-corrected chi connectivity index (χ2v) is 4.77. The Labute approximate surface area is 114 Å². The first-order chi connectivity index (χ1) is 9.20. The van der Waals surface area contributed by atoms with Crippen LogP contribution in [0.2, 0.25) is 0 Å². The molecule has 1 atom stereocenters. The highest BCUT2D eigenvalue weighted by Crippen LogP contribution is 2.25. The maximum Gasteiger partial charge on any atom is 0.130 e. The average Bonchev–Trinajstić information content (AvgIpc) is 2.45. The van der Waals surface area contributed by atoms with Crippen LogP contribution >= 0.6 is 0 Å². The summed E-state index contributed by atoms with van der Waals surface area (Å²) >= 11 is 0. The van der Waals surface area contributed by atoms with Gasteiger partial charge in [-0.25, -0.2) is 4.39 Å². The molecule has 0 aromatic heterocycles. The molecule has 0 aliphatic carbocycles. The SMILES string of the molecule is CCC(C)c1ccc(OCc2ccccc2)cc1F. The normalized spacial score (nSPS) is 12.2. The molecule has 100 valence electrons. The van der Waals surface area contributed by atoms with E-state index in [1.54, 1.807) is 0 Å². The van der Waals surface area contributed by atoms with Crippen LogP contribution in [0.15, 0.2) is 48.5 Å². The summed E-state index contributed by atoms with van der Waals surface area (Å²) in [7, 11) is 0. The minimum atomic E-state index is -0.181. The quantitative estimate of drug-likeness (QED) is 0.739. The first-order valence-electron chi connectivity index (χ1n) is 6.67. The number of halogens is 1. The summed E-state index contributed by atoms with van der Waals surface area (Å²) in [5.74, 6) is 0.636. The molecule has 0 radical (unpaired) electrons. The van der Waals surface area contributed by atoms with Gasteiger partial charge in [-0.2, -0.15) is 0 Å². The highest BCUT2D eigenvalue weighted by molar-refractivity contribution is 5.31. The molecule has 1 unspecified atom stereocenters. The summed E-state index contributed by atoms with van der Waals surface area (Å²) in [5, 5.41) is 0. The van der Waals surface area contributed by atoms with E-state index in [4.69, 9.17) is 4.74 Å². The average molecular weight is 258 g/mol. The highest BCUT2D eigenvalue weighted by Gasteiger charge is 2.10. The van der Waals surface area contributed by atoms with Crippen LogP contribution in [-0.2, 0) is 6.61 Å². The van der Waals surface area contributed by atoms with Gasteiger partial charge in [-0.05, 0) is 29.5 Å². The van der Waals surface area contributed by atoms with Gasteiger partial charge < -0.3 is 4.74 Å². The van der Waals surface area contributed by atoms with Gasteiger partial charge in [0.2, 0.25) is 0 Å². The first kappa shape index (κ1) is 13.6. The summed E-state index contributed by atoms with van der Waals surface area (Å²) in [6.07, 6.45) is 0.932. The molecule has 0 amide bonds. The van der Waals surface area contributed by atoms with Gasteiger partial charge in [0.1, 0.15) is 18.2 Å². The molecule has 0 aliphatic heterocycles. The predicted molar refractivity (Wildman–Crippen MR) is 75.9 cm³/mol. The zero-order valence-corrected chi connectivity index (χ0v) is 11.4. The van der Waals surface area contributed by atoms with Crippen LogP contribution in [0.1, 0.15) is 37.3 Å². The van der Waals surface area contributed by atoms with Crippen LogP contribution in [0.4, 0.5) is 4.39 Å². The van der Waals surface area contributed by atoms with Crippen molar-refractivity contribution in [3.63, 3.8) is 0 Å². The van der Waals surface area contributed by atoms with E-state index in [9.17, 15) is 4.39 Å². The lowest BCUT2D eigenvalue weighted by Crippen LogP contribution is -1.99. The summed E-state index contributed by atoms with van der Waals surface area (Å²) in [5.41, 5.74) is 1.84. The Morgan fingerprint density at radius 1 is 1.11 bits per heavy atom. The third-order valence-corrected chi connectivity index (χ3v) is 3.36. The molecule has 2 heteroatoms. The largest absolute Gasteiger partial charge is 0.489 e. The highest BCUT2D eigenvalue weighted by atomic mass is 19.1. The molecule has 19 heavy (non-hydrogen) atoms. The monoisotopic (exact) mass is 258 g/mol. The van der Waals surface area contributed by atoms with Crippen molar-refractivity contribution < 1.29 is 9.13 Å². The van der Waals surface area contributed by atoms with Gasteiger partial charge in [0.05, 0.1) is 0 Å². The van der Waals surface area contributed by atoms with Crippen LogP contribution in [0.5, 0.6) is 5.75 Å². The zero-order valence-electron chi connectivity index (χ0n) is 11.4. The smallest absolute Gasteiger partial charge is 0.130 e. The van der Waals surface area contributed by atoms with E-state index in [0.717, 1.165) is 17.5 Å². The van der Waals surface area contributed by atoms with E-state index in [-0.39, 0.29) is 11.7 Å². The second-order valence-electron chi connectivity index (χ2n) is 4.77. The van der Waals surface area contributed by atoms with Crippen LogP contribution in [0.3, 0.4) is 0 Å². The maximum absolute atomic E-state index is 13.9. The van der Waals surface area contributed by atoms with Gasteiger partial charge >= 0.3 is 0 Å². The molecular weight excluding hydrogens is 239 g/mol. The molecule has 1 nitrogen and oxygen atoms in total. The van der Waals surface area contributed by atoms with Gasteiger partial charge in [-0.15, -0.1) is 0 Å². The molecule has 0 aliphatic rings. The summed E-state index contributed by atoms with van der Waals surface area (Å²) in [6.45, 7) is 4.55. The van der Waals surface area contributed by atoms with E-state index in [1.807, 2.05) is 49.4 Å². The van der Waals surface area contributed by atoms with Gasteiger partial charge in [-0.3, -0.25) is 0 Å². The van der Waals surface area contributed by atoms with Crippen molar-refractivity contribution >= 4 is 0 Å².